The van der Waals surface area contributed by atoms with Gasteiger partial charge in [-0.3, -0.25) is 14.9 Å². The van der Waals surface area contributed by atoms with Crippen LogP contribution in [0.25, 0.3) is 0 Å². The molecule has 0 aliphatic heterocycles. The van der Waals surface area contributed by atoms with Crippen molar-refractivity contribution in [3.05, 3.63) is 62.2 Å². The maximum Gasteiger partial charge on any atom is 0.311 e. The van der Waals surface area contributed by atoms with Crippen molar-refractivity contribution in [3.8, 4) is 11.5 Å². The first-order chi connectivity index (χ1) is 12.3. The van der Waals surface area contributed by atoms with E-state index < -0.39 is 22.3 Å². The molecular weight excluding hydrogens is 362 g/mol. The maximum atomic E-state index is 11.8. The van der Waals surface area contributed by atoms with E-state index >= 15 is 0 Å². The Morgan fingerprint density at radius 3 is 2.65 bits per heavy atom. The molecule has 0 atom stereocenters. The second kappa shape index (κ2) is 8.30. The van der Waals surface area contributed by atoms with Crippen molar-refractivity contribution >= 4 is 29.4 Å². The van der Waals surface area contributed by atoms with Crippen molar-refractivity contribution in [3.63, 3.8) is 0 Å². The van der Waals surface area contributed by atoms with Crippen LogP contribution >= 0.6 is 11.6 Å². The molecule has 0 aliphatic rings. The van der Waals surface area contributed by atoms with Crippen molar-refractivity contribution in [2.45, 2.75) is 13.8 Å². The van der Waals surface area contributed by atoms with Crippen LogP contribution in [-0.2, 0) is 4.79 Å². The minimum Gasteiger partial charge on any atom is -0.502 e. The number of nitrogens with zero attached hydrogens (tertiary/aromatic N) is 2. The minimum atomic E-state index is -0.713. The monoisotopic (exact) mass is 377 g/mol. The summed E-state index contributed by atoms with van der Waals surface area (Å²) in [6, 6.07) is 7.42. The number of benzene rings is 2. The van der Waals surface area contributed by atoms with Gasteiger partial charge in [0, 0.05) is 16.7 Å². The molecular formula is C17H16ClN3O5. The molecule has 0 bridgehead atoms. The maximum absolute atomic E-state index is 11.8. The number of phenolic OH excluding ortho intramolecular Hbond substituents is 1. The molecule has 0 unspecified atom stereocenters. The Morgan fingerprint density at radius 2 is 2.04 bits per heavy atom. The highest BCUT2D eigenvalue weighted by Gasteiger charge is 2.15. The number of hydrazone groups is 1. The molecule has 0 saturated carbocycles. The number of ether oxygens (including phenoxy) is 1. The van der Waals surface area contributed by atoms with Gasteiger partial charge in [0.05, 0.1) is 11.1 Å². The van der Waals surface area contributed by atoms with Crippen molar-refractivity contribution in [2.75, 3.05) is 6.61 Å². The molecule has 0 spiro atoms. The number of carbonyl (C=O) groups is 1. The van der Waals surface area contributed by atoms with Crippen molar-refractivity contribution in [1.82, 2.24) is 5.43 Å². The van der Waals surface area contributed by atoms with Crippen LogP contribution in [0, 0.1) is 24.0 Å². The van der Waals surface area contributed by atoms with Gasteiger partial charge in [0.2, 0.25) is 5.75 Å². The number of hydrogen-bond acceptors (Lipinski definition) is 6. The smallest absolute Gasteiger partial charge is 0.311 e. The summed E-state index contributed by atoms with van der Waals surface area (Å²) in [6.07, 6.45) is 1.11. The molecule has 0 fully saturated rings. The lowest BCUT2D eigenvalue weighted by molar-refractivity contribution is -0.385. The third kappa shape index (κ3) is 4.70. The molecule has 136 valence electrons. The molecule has 0 heterocycles. The normalized spacial score (nSPS) is 10.7. The molecule has 0 aliphatic carbocycles. The standard InChI is InChI=1S/C17H16ClN3O5/c1-10-6-13(7-11(2)16(10)18)26-9-15(22)20-19-8-12-4-3-5-14(17(12)23)21(24)25/h3-8,23H,9H2,1-2H3,(H,20,22). The summed E-state index contributed by atoms with van der Waals surface area (Å²) in [5.41, 5.74) is 3.54. The predicted molar refractivity (Wildman–Crippen MR) is 96.9 cm³/mol. The molecule has 26 heavy (non-hydrogen) atoms. The topological polar surface area (TPSA) is 114 Å². The number of para-hydroxylation sites is 1. The number of phenols is 1. The highest BCUT2D eigenvalue weighted by Crippen LogP contribution is 2.28. The zero-order valence-electron chi connectivity index (χ0n) is 14.0. The van der Waals surface area contributed by atoms with Gasteiger partial charge in [0.15, 0.2) is 6.61 Å². The van der Waals surface area contributed by atoms with Gasteiger partial charge in [-0.15, -0.1) is 0 Å². The Morgan fingerprint density at radius 1 is 1.38 bits per heavy atom. The summed E-state index contributed by atoms with van der Waals surface area (Å²) >= 11 is 6.07. The first-order valence-electron chi connectivity index (χ1n) is 7.47. The van der Waals surface area contributed by atoms with E-state index in [2.05, 4.69) is 10.5 Å². The van der Waals surface area contributed by atoms with Gasteiger partial charge in [0.25, 0.3) is 5.91 Å². The second-order valence-electron chi connectivity index (χ2n) is 5.42. The summed E-state index contributed by atoms with van der Waals surface area (Å²) in [6.45, 7) is 3.38. The first kappa shape index (κ1) is 19.2. The molecule has 2 aromatic rings. The zero-order valence-corrected chi connectivity index (χ0v) is 14.8. The fourth-order valence-corrected chi connectivity index (χ4v) is 2.25. The summed E-state index contributed by atoms with van der Waals surface area (Å²) in [4.78, 5) is 21.8. The van der Waals surface area contributed by atoms with Gasteiger partial charge in [-0.1, -0.05) is 17.7 Å². The highest BCUT2D eigenvalue weighted by atomic mass is 35.5. The van der Waals surface area contributed by atoms with E-state index in [-0.39, 0.29) is 12.2 Å². The van der Waals surface area contributed by atoms with E-state index in [4.69, 9.17) is 16.3 Å². The molecule has 2 rings (SSSR count). The van der Waals surface area contributed by atoms with Crippen LogP contribution in [-0.4, -0.2) is 28.8 Å². The lowest BCUT2D eigenvalue weighted by Gasteiger charge is -2.09. The van der Waals surface area contributed by atoms with Crippen LogP contribution in [0.5, 0.6) is 11.5 Å². The number of aryl methyl sites for hydroxylation is 2. The SMILES string of the molecule is Cc1cc(OCC(=O)NN=Cc2cccc([N+](=O)[O-])c2O)cc(C)c1Cl. The Hall–Kier alpha value is -3.13. The molecule has 0 radical (unpaired) electrons. The van der Waals surface area contributed by atoms with E-state index in [1.807, 2.05) is 13.8 Å². The lowest BCUT2D eigenvalue weighted by atomic mass is 10.1. The van der Waals surface area contributed by atoms with Gasteiger partial charge in [-0.2, -0.15) is 5.10 Å². The Labute approximate surface area is 154 Å². The highest BCUT2D eigenvalue weighted by molar-refractivity contribution is 6.32. The molecule has 9 heteroatoms. The average Bonchev–Trinajstić information content (AvgIpc) is 2.59. The molecule has 2 N–H and O–H groups in total. The number of hydrogen-bond donors (Lipinski definition) is 2. The number of halogens is 1. The summed E-state index contributed by atoms with van der Waals surface area (Å²) in [5.74, 6) is -0.560. The summed E-state index contributed by atoms with van der Waals surface area (Å²) in [5, 5.41) is 24.8. The lowest BCUT2D eigenvalue weighted by Crippen LogP contribution is -2.24. The quantitative estimate of drug-likeness (QED) is 0.456. The first-order valence-corrected chi connectivity index (χ1v) is 7.85. The third-order valence-electron chi connectivity index (χ3n) is 3.42. The van der Waals surface area contributed by atoms with Crippen LogP contribution in [0.15, 0.2) is 35.4 Å². The largest absolute Gasteiger partial charge is 0.502 e. The minimum absolute atomic E-state index is 0.101. The molecule has 0 saturated heterocycles. The number of nitro benzene ring substituents is 1. The molecule has 1 amide bonds. The van der Waals surface area contributed by atoms with Crippen molar-refractivity contribution in [2.24, 2.45) is 5.10 Å². The number of nitrogens with one attached hydrogen (secondary N) is 1. The molecule has 2 aromatic carbocycles. The molecule has 0 aromatic heterocycles. The van der Waals surface area contributed by atoms with E-state index in [1.54, 1.807) is 12.1 Å². The second-order valence-corrected chi connectivity index (χ2v) is 5.80. The van der Waals surface area contributed by atoms with E-state index in [0.29, 0.717) is 10.8 Å². The van der Waals surface area contributed by atoms with E-state index in [0.717, 1.165) is 23.4 Å². The van der Waals surface area contributed by atoms with E-state index in [1.165, 1.54) is 12.1 Å². The number of amides is 1. The van der Waals surface area contributed by atoms with Crippen molar-refractivity contribution < 1.29 is 19.6 Å². The third-order valence-corrected chi connectivity index (χ3v) is 4.01. The number of rotatable bonds is 6. The molecule has 8 nitrogen and oxygen atoms in total. The Balaban J connectivity index is 1.94. The zero-order chi connectivity index (χ0) is 19.3. The van der Waals surface area contributed by atoms with Gasteiger partial charge < -0.3 is 9.84 Å². The predicted octanol–water partition coefficient (Wildman–Crippen LogP) is 3.10. The van der Waals surface area contributed by atoms with Crippen LogP contribution < -0.4 is 10.2 Å². The fraction of sp³-hybridized carbons (Fsp3) is 0.176. The number of aromatic hydroxyl groups is 1. The number of nitro groups is 1. The van der Waals surface area contributed by atoms with Gasteiger partial charge in [0.1, 0.15) is 5.75 Å². The van der Waals surface area contributed by atoms with Gasteiger partial charge >= 0.3 is 5.69 Å². The van der Waals surface area contributed by atoms with Gasteiger partial charge in [-0.25, -0.2) is 5.43 Å². The summed E-state index contributed by atoms with van der Waals surface area (Å²) < 4.78 is 5.38. The fourth-order valence-electron chi connectivity index (χ4n) is 2.14. The summed E-state index contributed by atoms with van der Waals surface area (Å²) in [7, 11) is 0. The van der Waals surface area contributed by atoms with E-state index in [9.17, 15) is 20.0 Å². The van der Waals surface area contributed by atoms with Gasteiger partial charge in [-0.05, 0) is 43.2 Å². The number of carbonyl (C=O) groups excluding carboxylic acids is 1. The van der Waals surface area contributed by atoms with Crippen LogP contribution in [0.2, 0.25) is 5.02 Å². The van der Waals surface area contributed by atoms with Crippen molar-refractivity contribution in [1.29, 1.82) is 0 Å². The average molecular weight is 378 g/mol. The Kier molecular flexibility index (Phi) is 6.13. The van der Waals surface area contributed by atoms with Crippen LogP contribution in [0.1, 0.15) is 16.7 Å². The van der Waals surface area contributed by atoms with Crippen LogP contribution in [0.4, 0.5) is 5.69 Å². The van der Waals surface area contributed by atoms with Crippen LogP contribution in [0.3, 0.4) is 0 Å². The Bertz CT molecular complexity index is 860.